The topological polar surface area (TPSA) is 69.7 Å². The highest BCUT2D eigenvalue weighted by atomic mass is 32.2. The largest absolute Gasteiger partial charge is 0.337 e. The highest BCUT2D eigenvalue weighted by Gasteiger charge is 2.27. The minimum absolute atomic E-state index is 0.109. The zero-order valence-electron chi connectivity index (χ0n) is 14.7. The van der Waals surface area contributed by atoms with Crippen LogP contribution in [0.3, 0.4) is 0 Å². The van der Waals surface area contributed by atoms with Crippen molar-refractivity contribution in [2.45, 2.75) is 37.6 Å². The molecule has 7 heteroatoms. The van der Waals surface area contributed by atoms with Crippen LogP contribution in [0.1, 0.15) is 25.8 Å². The van der Waals surface area contributed by atoms with Gasteiger partial charge in [-0.2, -0.15) is 0 Å². The molecule has 0 spiro atoms. The molecule has 1 saturated heterocycles. The SMILES string of the molecule is CCNS(=O)(=O)c1ccc(CC(=O)N2CCN(C)CC2CC)cc1. The lowest BCUT2D eigenvalue weighted by atomic mass is 10.1. The number of rotatable bonds is 6. The molecule has 1 atom stereocenters. The van der Waals surface area contributed by atoms with Crippen LogP contribution in [0.4, 0.5) is 0 Å². The van der Waals surface area contributed by atoms with Gasteiger partial charge in [-0.25, -0.2) is 13.1 Å². The number of piperazine rings is 1. The number of carbonyl (C=O) groups is 1. The van der Waals surface area contributed by atoms with E-state index in [1.807, 2.05) is 4.90 Å². The molecule has 1 aliphatic rings. The molecule has 1 aromatic carbocycles. The number of sulfonamides is 1. The van der Waals surface area contributed by atoms with Gasteiger partial charge in [0.1, 0.15) is 0 Å². The van der Waals surface area contributed by atoms with E-state index in [9.17, 15) is 13.2 Å². The summed E-state index contributed by atoms with van der Waals surface area (Å²) in [5.74, 6) is 0.109. The lowest BCUT2D eigenvalue weighted by Crippen LogP contribution is -2.54. The van der Waals surface area contributed by atoms with Gasteiger partial charge in [0, 0.05) is 32.2 Å². The van der Waals surface area contributed by atoms with Crippen molar-refractivity contribution in [3.8, 4) is 0 Å². The van der Waals surface area contributed by atoms with Crippen molar-refractivity contribution >= 4 is 15.9 Å². The molecule has 1 N–H and O–H groups in total. The van der Waals surface area contributed by atoms with Crippen molar-refractivity contribution < 1.29 is 13.2 Å². The van der Waals surface area contributed by atoms with Gasteiger partial charge in [0.2, 0.25) is 15.9 Å². The summed E-state index contributed by atoms with van der Waals surface area (Å²) in [6, 6.07) is 6.81. The molecule has 0 aromatic heterocycles. The summed E-state index contributed by atoms with van der Waals surface area (Å²) in [5.41, 5.74) is 0.837. The molecule has 1 aliphatic heterocycles. The van der Waals surface area contributed by atoms with Gasteiger partial charge in [0.05, 0.1) is 11.3 Å². The third-order valence-electron chi connectivity index (χ3n) is 4.40. The summed E-state index contributed by atoms with van der Waals surface area (Å²) in [4.78, 5) is 17.0. The first-order valence-electron chi connectivity index (χ1n) is 8.44. The van der Waals surface area contributed by atoms with E-state index in [0.29, 0.717) is 13.0 Å². The standard InChI is InChI=1S/C17H27N3O3S/c1-4-15-13-19(3)10-11-20(15)17(21)12-14-6-8-16(9-7-14)24(22,23)18-5-2/h6-9,15,18H,4-5,10-13H2,1-3H3. The van der Waals surface area contributed by atoms with Gasteiger partial charge in [-0.1, -0.05) is 26.0 Å². The summed E-state index contributed by atoms with van der Waals surface area (Å²) < 4.78 is 26.3. The van der Waals surface area contributed by atoms with Crippen molar-refractivity contribution in [2.24, 2.45) is 0 Å². The van der Waals surface area contributed by atoms with Crippen molar-refractivity contribution in [3.63, 3.8) is 0 Å². The van der Waals surface area contributed by atoms with E-state index in [1.165, 1.54) is 0 Å². The highest BCUT2D eigenvalue weighted by molar-refractivity contribution is 7.89. The smallest absolute Gasteiger partial charge is 0.240 e. The summed E-state index contributed by atoms with van der Waals surface area (Å²) in [6.45, 7) is 6.74. The summed E-state index contributed by atoms with van der Waals surface area (Å²) in [5, 5.41) is 0. The normalized spacial score (nSPS) is 19.5. The van der Waals surface area contributed by atoms with Crippen LogP contribution in [0.2, 0.25) is 0 Å². The van der Waals surface area contributed by atoms with Gasteiger partial charge < -0.3 is 9.80 Å². The summed E-state index contributed by atoms with van der Waals surface area (Å²) in [6.07, 6.45) is 1.25. The number of amides is 1. The quantitative estimate of drug-likeness (QED) is 0.831. The van der Waals surface area contributed by atoms with Crippen molar-refractivity contribution in [1.82, 2.24) is 14.5 Å². The molecular weight excluding hydrogens is 326 g/mol. The predicted molar refractivity (Wildman–Crippen MR) is 94.3 cm³/mol. The first kappa shape index (κ1) is 18.9. The van der Waals surface area contributed by atoms with Gasteiger partial charge in [-0.3, -0.25) is 4.79 Å². The van der Waals surface area contributed by atoms with Crippen LogP contribution in [0.25, 0.3) is 0 Å². The Bertz CT molecular complexity index is 658. The lowest BCUT2D eigenvalue weighted by molar-refractivity contribution is -0.135. The van der Waals surface area contributed by atoms with E-state index in [2.05, 4.69) is 23.6 Å². The second-order valence-corrected chi connectivity index (χ2v) is 8.00. The molecule has 1 aromatic rings. The molecule has 6 nitrogen and oxygen atoms in total. The van der Waals surface area contributed by atoms with E-state index in [-0.39, 0.29) is 16.8 Å². The number of nitrogens with one attached hydrogen (secondary N) is 1. The number of benzene rings is 1. The Labute approximate surface area is 144 Å². The minimum atomic E-state index is -3.45. The summed E-state index contributed by atoms with van der Waals surface area (Å²) >= 11 is 0. The molecule has 134 valence electrons. The van der Waals surface area contributed by atoms with Crippen LogP contribution in [-0.2, 0) is 21.2 Å². The molecule has 2 rings (SSSR count). The maximum absolute atomic E-state index is 12.6. The maximum atomic E-state index is 12.6. The average Bonchev–Trinajstić information content (AvgIpc) is 2.55. The Morgan fingerprint density at radius 1 is 1.21 bits per heavy atom. The average molecular weight is 353 g/mol. The molecule has 1 amide bonds. The second-order valence-electron chi connectivity index (χ2n) is 6.23. The highest BCUT2D eigenvalue weighted by Crippen LogP contribution is 2.15. The summed E-state index contributed by atoms with van der Waals surface area (Å²) in [7, 11) is -1.37. The Balaban J connectivity index is 2.04. The van der Waals surface area contributed by atoms with Crippen LogP contribution < -0.4 is 4.72 Å². The molecule has 1 heterocycles. The predicted octanol–water partition coefficient (Wildman–Crippen LogP) is 1.08. The molecule has 24 heavy (non-hydrogen) atoms. The Morgan fingerprint density at radius 2 is 1.88 bits per heavy atom. The number of carbonyl (C=O) groups excluding carboxylic acids is 1. The van der Waals surface area contributed by atoms with E-state index < -0.39 is 10.0 Å². The third-order valence-corrected chi connectivity index (χ3v) is 5.96. The second kappa shape index (κ2) is 8.09. The molecule has 0 radical (unpaired) electrons. The molecule has 1 fully saturated rings. The molecule has 0 aliphatic carbocycles. The molecule has 0 bridgehead atoms. The fourth-order valence-corrected chi connectivity index (χ4v) is 4.07. The Hall–Kier alpha value is -1.44. The van der Waals surface area contributed by atoms with Gasteiger partial charge >= 0.3 is 0 Å². The Morgan fingerprint density at radius 3 is 2.46 bits per heavy atom. The van der Waals surface area contributed by atoms with Gasteiger partial charge in [0.25, 0.3) is 0 Å². The molecule has 0 saturated carbocycles. The minimum Gasteiger partial charge on any atom is -0.337 e. The van der Waals surface area contributed by atoms with E-state index >= 15 is 0 Å². The van der Waals surface area contributed by atoms with Gasteiger partial charge in [0.15, 0.2) is 0 Å². The number of hydrogen-bond acceptors (Lipinski definition) is 4. The van der Waals surface area contributed by atoms with Crippen molar-refractivity contribution in [3.05, 3.63) is 29.8 Å². The first-order chi connectivity index (χ1) is 11.4. The van der Waals surface area contributed by atoms with Crippen LogP contribution in [0.5, 0.6) is 0 Å². The fraction of sp³-hybridized carbons (Fsp3) is 0.588. The van der Waals surface area contributed by atoms with Crippen LogP contribution in [-0.4, -0.2) is 63.4 Å². The third kappa shape index (κ3) is 4.55. The van der Waals surface area contributed by atoms with Crippen LogP contribution >= 0.6 is 0 Å². The van der Waals surface area contributed by atoms with E-state index in [0.717, 1.165) is 31.6 Å². The van der Waals surface area contributed by atoms with Gasteiger partial charge in [-0.15, -0.1) is 0 Å². The van der Waals surface area contributed by atoms with Crippen LogP contribution in [0.15, 0.2) is 29.2 Å². The number of hydrogen-bond donors (Lipinski definition) is 1. The monoisotopic (exact) mass is 353 g/mol. The molecular formula is C17H27N3O3S. The molecule has 1 unspecified atom stereocenters. The van der Waals surface area contributed by atoms with Crippen LogP contribution in [0, 0.1) is 0 Å². The Kier molecular flexibility index (Phi) is 6.37. The maximum Gasteiger partial charge on any atom is 0.240 e. The number of likely N-dealkylation sites (N-methyl/N-ethyl adjacent to an activating group) is 1. The zero-order chi connectivity index (χ0) is 17.7. The number of nitrogens with zero attached hydrogens (tertiary/aromatic N) is 2. The first-order valence-corrected chi connectivity index (χ1v) is 9.92. The van der Waals surface area contributed by atoms with Crippen molar-refractivity contribution in [2.75, 3.05) is 33.2 Å². The van der Waals surface area contributed by atoms with E-state index in [4.69, 9.17) is 0 Å². The van der Waals surface area contributed by atoms with E-state index in [1.54, 1.807) is 31.2 Å². The van der Waals surface area contributed by atoms with Gasteiger partial charge in [-0.05, 0) is 31.2 Å². The lowest BCUT2D eigenvalue weighted by Gasteiger charge is -2.39. The fourth-order valence-electron chi connectivity index (χ4n) is 3.02. The van der Waals surface area contributed by atoms with Crippen molar-refractivity contribution in [1.29, 1.82) is 0 Å². The zero-order valence-corrected chi connectivity index (χ0v) is 15.5.